The molecule has 25 heavy (non-hydrogen) atoms. The highest BCUT2D eigenvalue weighted by Crippen LogP contribution is 2.32. The van der Waals surface area contributed by atoms with Crippen molar-refractivity contribution >= 4 is 5.91 Å². The first-order valence-corrected chi connectivity index (χ1v) is 8.66. The molecule has 3 rings (SSSR count). The molecule has 0 spiro atoms. The van der Waals surface area contributed by atoms with Gasteiger partial charge in [-0.2, -0.15) is 0 Å². The first kappa shape index (κ1) is 17.3. The molecule has 1 N–H and O–H groups in total. The van der Waals surface area contributed by atoms with Gasteiger partial charge in [-0.15, -0.1) is 0 Å². The molecule has 2 aromatic carbocycles. The molecule has 1 amide bonds. The van der Waals surface area contributed by atoms with Gasteiger partial charge in [-0.3, -0.25) is 4.79 Å². The molecule has 0 saturated carbocycles. The Labute approximate surface area is 149 Å². The molecule has 0 unspecified atom stereocenters. The van der Waals surface area contributed by atoms with E-state index >= 15 is 0 Å². The fourth-order valence-corrected chi connectivity index (χ4v) is 2.77. The van der Waals surface area contributed by atoms with Crippen LogP contribution in [0.3, 0.4) is 0 Å². The van der Waals surface area contributed by atoms with Crippen molar-refractivity contribution in [3.8, 4) is 11.5 Å². The Kier molecular flexibility index (Phi) is 4.98. The van der Waals surface area contributed by atoms with Crippen LogP contribution in [0.5, 0.6) is 11.5 Å². The monoisotopic (exact) mass is 339 g/mol. The number of carbonyl (C=O) groups excluding carboxylic acids is 1. The molecule has 0 aromatic heterocycles. The van der Waals surface area contributed by atoms with Gasteiger partial charge >= 0.3 is 0 Å². The summed E-state index contributed by atoms with van der Waals surface area (Å²) in [5.41, 5.74) is 3.66. The van der Waals surface area contributed by atoms with E-state index in [0.29, 0.717) is 13.0 Å². The van der Waals surface area contributed by atoms with Gasteiger partial charge < -0.3 is 14.8 Å². The van der Waals surface area contributed by atoms with E-state index in [1.807, 2.05) is 18.2 Å². The normalized spacial score (nSPS) is 12.9. The largest absolute Gasteiger partial charge is 0.454 e. The van der Waals surface area contributed by atoms with Gasteiger partial charge in [0.25, 0.3) is 0 Å². The van der Waals surface area contributed by atoms with Crippen molar-refractivity contribution in [2.24, 2.45) is 0 Å². The molecule has 2 aromatic rings. The summed E-state index contributed by atoms with van der Waals surface area (Å²) >= 11 is 0. The van der Waals surface area contributed by atoms with Crippen molar-refractivity contribution in [3.05, 3.63) is 59.2 Å². The number of carbonyl (C=O) groups is 1. The fourth-order valence-electron chi connectivity index (χ4n) is 2.77. The van der Waals surface area contributed by atoms with Crippen LogP contribution >= 0.6 is 0 Å². The van der Waals surface area contributed by atoms with Gasteiger partial charge in [-0.1, -0.05) is 51.1 Å². The maximum Gasteiger partial charge on any atom is 0.231 e. The Balaban J connectivity index is 1.46. The van der Waals surface area contributed by atoms with Crippen LogP contribution in [0.1, 0.15) is 43.9 Å². The van der Waals surface area contributed by atoms with Gasteiger partial charge in [0.1, 0.15) is 0 Å². The number of hydrogen-bond donors (Lipinski definition) is 1. The van der Waals surface area contributed by atoms with Crippen LogP contribution in [0.2, 0.25) is 0 Å². The predicted octanol–water partition coefficient (Wildman–Crippen LogP) is 3.96. The highest BCUT2D eigenvalue weighted by Gasteiger charge is 2.14. The van der Waals surface area contributed by atoms with Crippen molar-refractivity contribution < 1.29 is 14.3 Å². The van der Waals surface area contributed by atoms with Crippen molar-refractivity contribution in [3.63, 3.8) is 0 Å². The zero-order valence-corrected chi connectivity index (χ0v) is 15.1. The van der Waals surface area contributed by atoms with E-state index in [1.165, 1.54) is 11.1 Å². The molecule has 4 heteroatoms. The number of ether oxygens (including phenoxy) is 2. The average molecular weight is 339 g/mol. The van der Waals surface area contributed by atoms with Crippen molar-refractivity contribution in [2.45, 2.75) is 45.6 Å². The highest BCUT2D eigenvalue weighted by atomic mass is 16.7. The van der Waals surface area contributed by atoms with E-state index in [-0.39, 0.29) is 18.1 Å². The van der Waals surface area contributed by atoms with Crippen LogP contribution < -0.4 is 14.8 Å². The van der Waals surface area contributed by atoms with Crippen LogP contribution in [0.15, 0.2) is 42.5 Å². The maximum atomic E-state index is 12.1. The Morgan fingerprint density at radius 3 is 2.40 bits per heavy atom. The van der Waals surface area contributed by atoms with Gasteiger partial charge in [-0.25, -0.2) is 0 Å². The zero-order chi connectivity index (χ0) is 17.9. The van der Waals surface area contributed by atoms with Crippen LogP contribution in [-0.2, 0) is 23.2 Å². The van der Waals surface area contributed by atoms with E-state index in [1.54, 1.807) is 0 Å². The molecule has 0 aliphatic carbocycles. The second-order valence-corrected chi connectivity index (χ2v) is 7.41. The quantitative estimate of drug-likeness (QED) is 0.897. The molecule has 0 atom stereocenters. The minimum Gasteiger partial charge on any atom is -0.454 e. The molecular formula is C21H25NO3. The SMILES string of the molecule is CC(C)(C)c1ccc(CCC(=O)NCc2ccc3c(c2)OCO3)cc1. The van der Waals surface area contributed by atoms with Crippen molar-refractivity contribution in [1.29, 1.82) is 0 Å². The second kappa shape index (κ2) is 7.18. The van der Waals surface area contributed by atoms with Crippen LogP contribution in [0, 0.1) is 0 Å². The summed E-state index contributed by atoms with van der Waals surface area (Å²) in [4.78, 5) is 12.1. The van der Waals surface area contributed by atoms with Crippen LogP contribution in [0.25, 0.3) is 0 Å². The summed E-state index contributed by atoms with van der Waals surface area (Å²) in [5.74, 6) is 1.55. The molecule has 0 fully saturated rings. The van der Waals surface area contributed by atoms with E-state index in [2.05, 4.69) is 50.4 Å². The molecule has 1 aliphatic rings. The summed E-state index contributed by atoms with van der Waals surface area (Å²) in [6.07, 6.45) is 1.23. The minimum absolute atomic E-state index is 0.0533. The summed E-state index contributed by atoms with van der Waals surface area (Å²) in [7, 11) is 0. The molecule has 1 aliphatic heterocycles. The molecule has 0 radical (unpaired) electrons. The van der Waals surface area contributed by atoms with Crippen molar-refractivity contribution in [1.82, 2.24) is 5.32 Å². The van der Waals surface area contributed by atoms with Gasteiger partial charge in [0.15, 0.2) is 11.5 Å². The van der Waals surface area contributed by atoms with E-state index < -0.39 is 0 Å². The number of hydrogen-bond acceptors (Lipinski definition) is 3. The van der Waals surface area contributed by atoms with Gasteiger partial charge in [-0.05, 0) is 40.7 Å². The smallest absolute Gasteiger partial charge is 0.231 e. The number of amides is 1. The maximum absolute atomic E-state index is 12.1. The Morgan fingerprint density at radius 2 is 1.68 bits per heavy atom. The third kappa shape index (κ3) is 4.53. The lowest BCUT2D eigenvalue weighted by Gasteiger charge is -2.19. The topological polar surface area (TPSA) is 47.6 Å². The lowest BCUT2D eigenvalue weighted by atomic mass is 9.86. The molecule has 1 heterocycles. The zero-order valence-electron chi connectivity index (χ0n) is 15.1. The summed E-state index contributed by atoms with van der Waals surface area (Å²) in [6, 6.07) is 14.3. The summed E-state index contributed by atoms with van der Waals surface area (Å²) in [6.45, 7) is 7.36. The standard InChI is InChI=1S/C21H25NO3/c1-21(2,3)17-8-4-15(5-9-17)7-11-20(23)22-13-16-6-10-18-19(12-16)25-14-24-18/h4-6,8-10,12H,7,11,13-14H2,1-3H3,(H,22,23). The van der Waals surface area contributed by atoms with Crippen LogP contribution in [-0.4, -0.2) is 12.7 Å². The molecule has 4 nitrogen and oxygen atoms in total. The fraction of sp³-hybridized carbons (Fsp3) is 0.381. The predicted molar refractivity (Wildman–Crippen MR) is 97.9 cm³/mol. The first-order valence-electron chi connectivity index (χ1n) is 8.66. The lowest BCUT2D eigenvalue weighted by Crippen LogP contribution is -2.23. The van der Waals surface area contributed by atoms with Crippen LogP contribution in [0.4, 0.5) is 0 Å². The minimum atomic E-state index is 0.0533. The average Bonchev–Trinajstić information content (AvgIpc) is 3.05. The second-order valence-electron chi connectivity index (χ2n) is 7.41. The molecule has 0 bridgehead atoms. The van der Waals surface area contributed by atoms with Crippen molar-refractivity contribution in [2.75, 3.05) is 6.79 Å². The van der Waals surface area contributed by atoms with E-state index in [9.17, 15) is 4.79 Å². The van der Waals surface area contributed by atoms with Gasteiger partial charge in [0, 0.05) is 13.0 Å². The molecular weight excluding hydrogens is 314 g/mol. The lowest BCUT2D eigenvalue weighted by molar-refractivity contribution is -0.121. The highest BCUT2D eigenvalue weighted by molar-refractivity contribution is 5.76. The van der Waals surface area contributed by atoms with Gasteiger partial charge in [0.2, 0.25) is 12.7 Å². The van der Waals surface area contributed by atoms with E-state index in [0.717, 1.165) is 23.5 Å². The number of rotatable bonds is 5. The number of nitrogens with one attached hydrogen (secondary N) is 1. The molecule has 132 valence electrons. The van der Waals surface area contributed by atoms with E-state index in [4.69, 9.17) is 9.47 Å². The third-order valence-corrected chi connectivity index (χ3v) is 4.39. The Hall–Kier alpha value is -2.49. The molecule has 0 saturated heterocycles. The number of benzene rings is 2. The number of aryl methyl sites for hydroxylation is 1. The Morgan fingerprint density at radius 1 is 1.00 bits per heavy atom. The Bertz CT molecular complexity index is 745. The third-order valence-electron chi connectivity index (χ3n) is 4.39. The summed E-state index contributed by atoms with van der Waals surface area (Å²) < 4.78 is 10.6. The first-order chi connectivity index (χ1) is 11.9. The van der Waals surface area contributed by atoms with Gasteiger partial charge in [0.05, 0.1) is 0 Å². The summed E-state index contributed by atoms with van der Waals surface area (Å²) in [5, 5.41) is 2.96. The number of fused-ring (bicyclic) bond motifs is 1.